The van der Waals surface area contributed by atoms with Gasteiger partial charge in [0, 0.05) is 6.61 Å². The van der Waals surface area contributed by atoms with Gasteiger partial charge in [0.2, 0.25) is 0 Å². The lowest BCUT2D eigenvalue weighted by Crippen LogP contribution is -2.34. The quantitative estimate of drug-likeness (QED) is 0.828. The minimum atomic E-state index is 0.538. The van der Waals surface area contributed by atoms with Gasteiger partial charge in [0.1, 0.15) is 0 Å². The Balaban J connectivity index is 1.77. The third-order valence-electron chi connectivity index (χ3n) is 5.17. The van der Waals surface area contributed by atoms with Gasteiger partial charge in [0.15, 0.2) is 0 Å². The van der Waals surface area contributed by atoms with Crippen LogP contribution in [0.3, 0.4) is 0 Å². The normalized spacial score (nSPS) is 32.7. The van der Waals surface area contributed by atoms with Crippen LogP contribution in [0, 0.1) is 23.7 Å². The second-order valence-electron chi connectivity index (χ2n) is 6.82. The van der Waals surface area contributed by atoms with Crippen molar-refractivity contribution < 1.29 is 4.74 Å². The van der Waals surface area contributed by atoms with Crippen LogP contribution in [0.2, 0.25) is 0 Å². The van der Waals surface area contributed by atoms with E-state index in [9.17, 15) is 0 Å². The third-order valence-corrected chi connectivity index (χ3v) is 5.17. The van der Waals surface area contributed by atoms with Gasteiger partial charge in [0.05, 0.1) is 6.10 Å². The maximum Gasteiger partial charge on any atom is 0.0580 e. The van der Waals surface area contributed by atoms with Crippen LogP contribution in [-0.4, -0.2) is 25.8 Å². The molecule has 2 heteroatoms. The first kappa shape index (κ1) is 14.3. The molecule has 2 saturated heterocycles. The van der Waals surface area contributed by atoms with E-state index < -0.39 is 0 Å². The second-order valence-corrected chi connectivity index (χ2v) is 6.82. The molecule has 18 heavy (non-hydrogen) atoms. The molecule has 0 aromatic heterocycles. The summed E-state index contributed by atoms with van der Waals surface area (Å²) >= 11 is 0. The molecule has 3 unspecified atom stereocenters. The molecular formula is C16H31NO. The monoisotopic (exact) mass is 253 g/mol. The molecule has 0 aromatic carbocycles. The lowest BCUT2D eigenvalue weighted by molar-refractivity contribution is -0.0345. The maximum absolute atomic E-state index is 6.00. The van der Waals surface area contributed by atoms with Gasteiger partial charge in [-0.25, -0.2) is 0 Å². The fourth-order valence-corrected chi connectivity index (χ4v) is 3.70. The Kier molecular flexibility index (Phi) is 5.50. The Labute approximate surface area is 113 Å². The van der Waals surface area contributed by atoms with Crippen LogP contribution in [0.15, 0.2) is 0 Å². The van der Waals surface area contributed by atoms with Crippen molar-refractivity contribution in [3.05, 3.63) is 0 Å². The molecule has 2 rings (SSSR count). The molecule has 0 bridgehead atoms. The summed E-state index contributed by atoms with van der Waals surface area (Å²) in [4.78, 5) is 0. The molecule has 0 aromatic rings. The average Bonchev–Trinajstić information content (AvgIpc) is 2.40. The predicted molar refractivity (Wildman–Crippen MR) is 76.7 cm³/mol. The number of rotatable bonds is 4. The SMILES string of the molecule is CC(C)C1CCOC(CC(C)C2CCNCC2)C1. The molecule has 0 radical (unpaired) electrons. The minimum absolute atomic E-state index is 0.538. The molecule has 2 heterocycles. The van der Waals surface area contributed by atoms with Crippen LogP contribution in [0.5, 0.6) is 0 Å². The lowest BCUT2D eigenvalue weighted by Gasteiger charge is -2.35. The molecule has 3 atom stereocenters. The van der Waals surface area contributed by atoms with Crippen molar-refractivity contribution in [2.75, 3.05) is 19.7 Å². The first-order chi connectivity index (χ1) is 8.66. The number of ether oxygens (including phenoxy) is 1. The number of piperidine rings is 1. The first-order valence-electron chi connectivity index (χ1n) is 7.99. The standard InChI is InChI=1S/C16H31NO/c1-12(2)15-6-9-18-16(11-15)10-13(3)14-4-7-17-8-5-14/h12-17H,4-11H2,1-3H3. The lowest BCUT2D eigenvalue weighted by atomic mass is 9.79. The number of hydrogen-bond donors (Lipinski definition) is 1. The summed E-state index contributed by atoms with van der Waals surface area (Å²) in [5, 5.41) is 3.46. The van der Waals surface area contributed by atoms with Gasteiger partial charge in [-0.1, -0.05) is 20.8 Å². The predicted octanol–water partition coefficient (Wildman–Crippen LogP) is 3.46. The van der Waals surface area contributed by atoms with E-state index in [4.69, 9.17) is 4.74 Å². The van der Waals surface area contributed by atoms with Gasteiger partial charge in [-0.3, -0.25) is 0 Å². The third kappa shape index (κ3) is 3.96. The zero-order valence-corrected chi connectivity index (χ0v) is 12.5. The maximum atomic E-state index is 6.00. The summed E-state index contributed by atoms with van der Waals surface area (Å²) in [6, 6.07) is 0. The fourth-order valence-electron chi connectivity index (χ4n) is 3.70. The van der Waals surface area contributed by atoms with E-state index in [1.807, 2.05) is 0 Å². The van der Waals surface area contributed by atoms with E-state index in [1.54, 1.807) is 0 Å². The summed E-state index contributed by atoms with van der Waals surface area (Å²) in [6.45, 7) is 10.6. The number of nitrogens with one attached hydrogen (secondary N) is 1. The Hall–Kier alpha value is -0.0800. The molecule has 0 spiro atoms. The zero-order valence-electron chi connectivity index (χ0n) is 12.5. The summed E-state index contributed by atoms with van der Waals surface area (Å²) in [5.74, 6) is 3.48. The van der Waals surface area contributed by atoms with E-state index >= 15 is 0 Å². The van der Waals surface area contributed by atoms with Gasteiger partial charge >= 0.3 is 0 Å². The van der Waals surface area contributed by atoms with E-state index in [-0.39, 0.29) is 0 Å². The number of hydrogen-bond acceptors (Lipinski definition) is 2. The van der Waals surface area contributed by atoms with Crippen molar-refractivity contribution in [3.63, 3.8) is 0 Å². The van der Waals surface area contributed by atoms with E-state index in [2.05, 4.69) is 26.1 Å². The molecular weight excluding hydrogens is 222 g/mol. The summed E-state index contributed by atoms with van der Waals surface area (Å²) in [5.41, 5.74) is 0. The Morgan fingerprint density at radius 1 is 1.06 bits per heavy atom. The van der Waals surface area contributed by atoms with Crippen LogP contribution in [0.1, 0.15) is 52.9 Å². The van der Waals surface area contributed by atoms with Crippen molar-refractivity contribution in [2.45, 2.75) is 59.0 Å². The van der Waals surface area contributed by atoms with E-state index in [0.29, 0.717) is 6.10 Å². The van der Waals surface area contributed by atoms with Crippen molar-refractivity contribution in [3.8, 4) is 0 Å². The van der Waals surface area contributed by atoms with Crippen molar-refractivity contribution in [1.82, 2.24) is 5.32 Å². The van der Waals surface area contributed by atoms with Crippen molar-refractivity contribution in [1.29, 1.82) is 0 Å². The average molecular weight is 253 g/mol. The van der Waals surface area contributed by atoms with E-state index in [0.717, 1.165) is 30.3 Å². The summed E-state index contributed by atoms with van der Waals surface area (Å²) in [7, 11) is 0. The first-order valence-corrected chi connectivity index (χ1v) is 7.99. The highest BCUT2D eigenvalue weighted by Crippen LogP contribution is 2.33. The van der Waals surface area contributed by atoms with Gasteiger partial charge in [-0.05, 0) is 68.9 Å². The topological polar surface area (TPSA) is 21.3 Å². The van der Waals surface area contributed by atoms with Crippen LogP contribution in [0.25, 0.3) is 0 Å². The molecule has 2 nitrogen and oxygen atoms in total. The molecule has 0 aliphatic carbocycles. The molecule has 2 aliphatic heterocycles. The fraction of sp³-hybridized carbons (Fsp3) is 1.00. The Bertz CT molecular complexity index is 235. The zero-order chi connectivity index (χ0) is 13.0. The largest absolute Gasteiger partial charge is 0.378 e. The molecule has 1 N–H and O–H groups in total. The molecule has 0 saturated carbocycles. The highest BCUT2D eigenvalue weighted by atomic mass is 16.5. The van der Waals surface area contributed by atoms with Crippen molar-refractivity contribution >= 4 is 0 Å². The highest BCUT2D eigenvalue weighted by Gasteiger charge is 2.28. The van der Waals surface area contributed by atoms with Crippen molar-refractivity contribution in [2.24, 2.45) is 23.7 Å². The highest BCUT2D eigenvalue weighted by molar-refractivity contribution is 4.79. The second kappa shape index (κ2) is 6.91. The van der Waals surface area contributed by atoms with Gasteiger partial charge < -0.3 is 10.1 Å². The van der Waals surface area contributed by atoms with Crippen LogP contribution in [-0.2, 0) is 4.74 Å². The minimum Gasteiger partial charge on any atom is -0.378 e. The van der Waals surface area contributed by atoms with Crippen LogP contribution in [0.4, 0.5) is 0 Å². The Morgan fingerprint density at radius 3 is 2.44 bits per heavy atom. The summed E-state index contributed by atoms with van der Waals surface area (Å²) in [6.07, 6.45) is 7.12. The smallest absolute Gasteiger partial charge is 0.0580 e. The van der Waals surface area contributed by atoms with Gasteiger partial charge in [-0.15, -0.1) is 0 Å². The van der Waals surface area contributed by atoms with Crippen LogP contribution >= 0.6 is 0 Å². The summed E-state index contributed by atoms with van der Waals surface area (Å²) < 4.78 is 6.00. The van der Waals surface area contributed by atoms with E-state index in [1.165, 1.54) is 45.2 Å². The molecule has 2 fully saturated rings. The molecule has 106 valence electrons. The van der Waals surface area contributed by atoms with Crippen LogP contribution < -0.4 is 5.32 Å². The molecule has 0 amide bonds. The van der Waals surface area contributed by atoms with Gasteiger partial charge in [0.25, 0.3) is 0 Å². The Morgan fingerprint density at radius 2 is 1.78 bits per heavy atom. The van der Waals surface area contributed by atoms with Gasteiger partial charge in [-0.2, -0.15) is 0 Å². The molecule has 2 aliphatic rings.